The van der Waals surface area contributed by atoms with Gasteiger partial charge in [0.15, 0.2) is 0 Å². The maximum absolute atomic E-state index is 12.8. The van der Waals surface area contributed by atoms with Gasteiger partial charge < -0.3 is 5.32 Å². The van der Waals surface area contributed by atoms with Crippen molar-refractivity contribution in [2.75, 3.05) is 11.9 Å². The van der Waals surface area contributed by atoms with Crippen LogP contribution in [0, 0.1) is 17.6 Å². The minimum Gasteiger partial charge on any atom is -0.385 e. The summed E-state index contributed by atoms with van der Waals surface area (Å²) in [4.78, 5) is 0. The molecular formula is C11H15F2N. The van der Waals surface area contributed by atoms with E-state index in [2.05, 4.69) is 19.2 Å². The molecule has 78 valence electrons. The molecule has 0 heterocycles. The van der Waals surface area contributed by atoms with E-state index in [0.717, 1.165) is 19.0 Å². The van der Waals surface area contributed by atoms with E-state index in [1.54, 1.807) is 0 Å². The summed E-state index contributed by atoms with van der Waals surface area (Å²) in [5, 5.41) is 3.00. The number of anilines is 1. The van der Waals surface area contributed by atoms with E-state index in [0.29, 0.717) is 11.6 Å². The average molecular weight is 199 g/mol. The van der Waals surface area contributed by atoms with Crippen LogP contribution >= 0.6 is 0 Å². The smallest absolute Gasteiger partial charge is 0.128 e. The van der Waals surface area contributed by atoms with E-state index in [-0.39, 0.29) is 0 Å². The highest BCUT2D eigenvalue weighted by atomic mass is 19.1. The van der Waals surface area contributed by atoms with Crippen LogP contribution in [0.15, 0.2) is 18.2 Å². The van der Waals surface area contributed by atoms with Crippen LogP contribution in [-0.2, 0) is 0 Å². The fourth-order valence-corrected chi connectivity index (χ4v) is 1.09. The predicted molar refractivity (Wildman–Crippen MR) is 54.3 cm³/mol. The largest absolute Gasteiger partial charge is 0.385 e. The molecule has 0 saturated carbocycles. The monoisotopic (exact) mass is 199 g/mol. The Balaban J connectivity index is 2.58. The maximum atomic E-state index is 12.8. The van der Waals surface area contributed by atoms with Crippen molar-refractivity contribution in [2.45, 2.75) is 20.3 Å². The highest BCUT2D eigenvalue weighted by Gasteiger charge is 2.02. The molecule has 1 aromatic rings. The topological polar surface area (TPSA) is 12.0 Å². The summed E-state index contributed by atoms with van der Waals surface area (Å²) in [6.07, 6.45) is 1.05. The molecule has 1 aromatic carbocycles. The van der Waals surface area contributed by atoms with Crippen LogP contribution in [-0.4, -0.2) is 6.54 Å². The maximum Gasteiger partial charge on any atom is 0.128 e. The molecule has 0 saturated heterocycles. The highest BCUT2D eigenvalue weighted by Crippen LogP contribution is 2.13. The van der Waals surface area contributed by atoms with Gasteiger partial charge in [0.25, 0.3) is 0 Å². The summed E-state index contributed by atoms with van der Waals surface area (Å²) in [5.74, 6) is -0.588. The highest BCUT2D eigenvalue weighted by molar-refractivity contribution is 5.43. The molecule has 0 fully saturated rings. The molecule has 0 aliphatic heterocycles. The molecule has 1 nitrogen and oxygen atoms in total. The zero-order valence-electron chi connectivity index (χ0n) is 8.48. The summed E-state index contributed by atoms with van der Waals surface area (Å²) >= 11 is 0. The Hall–Kier alpha value is -1.12. The lowest BCUT2D eigenvalue weighted by Crippen LogP contribution is -2.10. The van der Waals surface area contributed by atoms with Crippen molar-refractivity contribution < 1.29 is 8.78 Å². The molecule has 0 spiro atoms. The van der Waals surface area contributed by atoms with Gasteiger partial charge in [-0.3, -0.25) is 0 Å². The third kappa shape index (κ3) is 3.32. The van der Waals surface area contributed by atoms with Crippen LogP contribution in [0.1, 0.15) is 20.3 Å². The van der Waals surface area contributed by atoms with Crippen molar-refractivity contribution in [1.82, 2.24) is 0 Å². The number of rotatable bonds is 4. The van der Waals surface area contributed by atoms with Crippen molar-refractivity contribution in [3.05, 3.63) is 29.8 Å². The molecular weight excluding hydrogens is 184 g/mol. The third-order valence-corrected chi connectivity index (χ3v) is 2.21. The summed E-state index contributed by atoms with van der Waals surface area (Å²) in [6, 6.07) is 3.46. The van der Waals surface area contributed by atoms with Crippen LogP contribution in [0.25, 0.3) is 0 Å². The first-order valence-corrected chi connectivity index (χ1v) is 4.81. The summed E-state index contributed by atoms with van der Waals surface area (Å²) < 4.78 is 25.5. The van der Waals surface area contributed by atoms with E-state index in [4.69, 9.17) is 0 Å². The Kier molecular flexibility index (Phi) is 3.86. The van der Waals surface area contributed by atoms with E-state index < -0.39 is 11.6 Å². The number of hydrogen-bond acceptors (Lipinski definition) is 1. The predicted octanol–water partition coefficient (Wildman–Crippen LogP) is 3.42. The molecule has 0 unspecified atom stereocenters. The Morgan fingerprint density at radius 1 is 1.21 bits per heavy atom. The molecule has 1 N–H and O–H groups in total. The van der Waals surface area contributed by atoms with E-state index in [9.17, 15) is 8.78 Å². The summed E-state index contributed by atoms with van der Waals surface area (Å²) in [6.45, 7) is 4.90. The number of benzene rings is 1. The van der Waals surface area contributed by atoms with Crippen LogP contribution in [0.4, 0.5) is 14.5 Å². The second kappa shape index (κ2) is 4.94. The van der Waals surface area contributed by atoms with Gasteiger partial charge in [-0.25, -0.2) is 8.78 Å². The van der Waals surface area contributed by atoms with Crippen molar-refractivity contribution in [1.29, 1.82) is 0 Å². The van der Waals surface area contributed by atoms with Gasteiger partial charge in [0.1, 0.15) is 11.6 Å². The van der Waals surface area contributed by atoms with Crippen molar-refractivity contribution >= 4 is 5.69 Å². The van der Waals surface area contributed by atoms with Crippen LogP contribution < -0.4 is 5.32 Å². The standard InChI is InChI=1S/C11H15F2N/c1-3-8(2)7-14-11-5-9(12)4-10(13)6-11/h4-6,8,14H,3,7H2,1-2H3/t8-/m1/s1. The van der Waals surface area contributed by atoms with E-state index >= 15 is 0 Å². The van der Waals surface area contributed by atoms with Gasteiger partial charge >= 0.3 is 0 Å². The second-order valence-electron chi connectivity index (χ2n) is 3.55. The van der Waals surface area contributed by atoms with Gasteiger partial charge in [0.05, 0.1) is 0 Å². The van der Waals surface area contributed by atoms with Gasteiger partial charge in [0, 0.05) is 18.3 Å². The first-order chi connectivity index (χ1) is 6.61. The fraction of sp³-hybridized carbons (Fsp3) is 0.455. The van der Waals surface area contributed by atoms with Crippen LogP contribution in [0.2, 0.25) is 0 Å². The number of hydrogen-bond donors (Lipinski definition) is 1. The number of halogens is 2. The van der Waals surface area contributed by atoms with Gasteiger partial charge in [-0.1, -0.05) is 20.3 Å². The Morgan fingerprint density at radius 2 is 1.79 bits per heavy atom. The fourth-order valence-electron chi connectivity index (χ4n) is 1.09. The Labute approximate surface area is 83.1 Å². The van der Waals surface area contributed by atoms with E-state index in [1.165, 1.54) is 12.1 Å². The summed E-state index contributed by atoms with van der Waals surface area (Å²) in [7, 11) is 0. The third-order valence-electron chi connectivity index (χ3n) is 2.21. The average Bonchev–Trinajstić information content (AvgIpc) is 2.12. The lowest BCUT2D eigenvalue weighted by Gasteiger charge is -2.11. The molecule has 0 aliphatic carbocycles. The molecule has 3 heteroatoms. The lowest BCUT2D eigenvalue weighted by molar-refractivity contribution is 0.578. The SMILES string of the molecule is CC[C@@H](C)CNc1cc(F)cc(F)c1. The molecule has 0 bridgehead atoms. The van der Waals surface area contributed by atoms with Gasteiger partial charge in [-0.05, 0) is 18.1 Å². The molecule has 1 atom stereocenters. The summed E-state index contributed by atoms with van der Waals surface area (Å²) in [5.41, 5.74) is 0.503. The van der Waals surface area contributed by atoms with Crippen molar-refractivity contribution in [3.8, 4) is 0 Å². The molecule has 0 aliphatic rings. The van der Waals surface area contributed by atoms with Crippen molar-refractivity contribution in [3.63, 3.8) is 0 Å². The van der Waals surface area contributed by atoms with Crippen molar-refractivity contribution in [2.24, 2.45) is 5.92 Å². The van der Waals surface area contributed by atoms with Crippen LogP contribution in [0.5, 0.6) is 0 Å². The molecule has 1 rings (SSSR count). The quantitative estimate of drug-likeness (QED) is 0.783. The zero-order chi connectivity index (χ0) is 10.6. The minimum atomic E-state index is -0.545. The first kappa shape index (κ1) is 11.0. The normalized spacial score (nSPS) is 12.6. The zero-order valence-corrected chi connectivity index (χ0v) is 8.48. The van der Waals surface area contributed by atoms with Gasteiger partial charge in [0.2, 0.25) is 0 Å². The molecule has 14 heavy (non-hydrogen) atoms. The van der Waals surface area contributed by atoms with Crippen LogP contribution in [0.3, 0.4) is 0 Å². The van der Waals surface area contributed by atoms with Gasteiger partial charge in [-0.15, -0.1) is 0 Å². The first-order valence-electron chi connectivity index (χ1n) is 4.81. The molecule has 0 aromatic heterocycles. The Morgan fingerprint density at radius 3 is 2.29 bits per heavy atom. The number of nitrogens with one attached hydrogen (secondary N) is 1. The van der Waals surface area contributed by atoms with Gasteiger partial charge in [-0.2, -0.15) is 0 Å². The van der Waals surface area contributed by atoms with E-state index in [1.807, 2.05) is 0 Å². The Bertz CT molecular complexity index is 279. The minimum absolute atomic E-state index is 0.501. The lowest BCUT2D eigenvalue weighted by atomic mass is 10.1. The second-order valence-corrected chi connectivity index (χ2v) is 3.55. The molecule has 0 amide bonds. The molecule has 0 radical (unpaired) electrons.